The maximum Gasteiger partial charge on any atom is 0.416 e. The van der Waals surface area contributed by atoms with E-state index in [2.05, 4.69) is 4.98 Å². The molecule has 0 unspecified atom stereocenters. The lowest BCUT2D eigenvalue weighted by Gasteiger charge is -2.41. The second-order valence-corrected chi connectivity index (χ2v) is 10.8. The fraction of sp³-hybridized carbons (Fsp3) is 0.345. The molecule has 0 radical (unpaired) electrons. The van der Waals surface area contributed by atoms with Gasteiger partial charge in [-0.15, -0.1) is 0 Å². The van der Waals surface area contributed by atoms with E-state index in [1.54, 1.807) is 6.07 Å². The van der Waals surface area contributed by atoms with Gasteiger partial charge in [0.1, 0.15) is 34.6 Å². The van der Waals surface area contributed by atoms with Crippen molar-refractivity contribution in [1.29, 1.82) is 0 Å². The van der Waals surface area contributed by atoms with Crippen LogP contribution < -0.4 is 5.73 Å². The van der Waals surface area contributed by atoms with Crippen LogP contribution in [0.5, 0.6) is 0 Å². The van der Waals surface area contributed by atoms with Crippen molar-refractivity contribution in [2.24, 2.45) is 0 Å². The minimum absolute atomic E-state index is 0.0280. The van der Waals surface area contributed by atoms with Gasteiger partial charge in [-0.3, -0.25) is 9.20 Å². The second kappa shape index (κ2) is 10.1. The second-order valence-electron chi connectivity index (χ2n) is 10.4. The predicted octanol–water partition coefficient (Wildman–Crippen LogP) is 5.91. The molecule has 0 spiro atoms. The van der Waals surface area contributed by atoms with E-state index >= 15 is 0 Å². The van der Waals surface area contributed by atoms with Gasteiger partial charge in [0.15, 0.2) is 0 Å². The Balaban J connectivity index is 1.35. The van der Waals surface area contributed by atoms with E-state index in [-0.39, 0.29) is 36.2 Å². The van der Waals surface area contributed by atoms with Crippen LogP contribution in [0.4, 0.5) is 19.0 Å². The van der Waals surface area contributed by atoms with Crippen LogP contribution in [0.15, 0.2) is 54.7 Å². The van der Waals surface area contributed by atoms with E-state index < -0.39 is 11.7 Å². The number of anilines is 1. The van der Waals surface area contributed by atoms with Crippen molar-refractivity contribution in [2.75, 3.05) is 25.5 Å². The summed E-state index contributed by atoms with van der Waals surface area (Å²) < 4.78 is 47.0. The molecule has 2 aromatic carbocycles. The van der Waals surface area contributed by atoms with Crippen LogP contribution in [0, 0.1) is 0 Å². The van der Waals surface area contributed by atoms with E-state index in [1.807, 2.05) is 40.5 Å². The summed E-state index contributed by atoms with van der Waals surface area (Å²) in [5, 5.41) is 0.364. The van der Waals surface area contributed by atoms with Gasteiger partial charge >= 0.3 is 6.18 Å². The highest BCUT2D eigenvalue weighted by Gasteiger charge is 2.37. The fourth-order valence-electron chi connectivity index (χ4n) is 5.80. The Hall–Kier alpha value is -3.63. The van der Waals surface area contributed by atoms with Gasteiger partial charge in [0.05, 0.1) is 24.4 Å². The number of morpholine rings is 1. The van der Waals surface area contributed by atoms with Gasteiger partial charge in [0.25, 0.3) is 0 Å². The number of benzene rings is 2. The van der Waals surface area contributed by atoms with Gasteiger partial charge in [-0.05, 0) is 30.0 Å². The molecular formula is C29H27ClF3N5O2. The zero-order chi connectivity index (χ0) is 28.2. The number of hydrogen-bond acceptors (Lipinski definition) is 5. The van der Waals surface area contributed by atoms with Crippen molar-refractivity contribution in [3.63, 3.8) is 0 Å². The van der Waals surface area contributed by atoms with E-state index in [0.717, 1.165) is 30.0 Å². The van der Waals surface area contributed by atoms with Crippen LogP contribution in [0.1, 0.15) is 54.1 Å². The van der Waals surface area contributed by atoms with Gasteiger partial charge < -0.3 is 15.4 Å². The lowest BCUT2D eigenvalue weighted by molar-refractivity contribution is -0.151. The number of imidazole rings is 1. The molecule has 7 nitrogen and oxygen atoms in total. The summed E-state index contributed by atoms with van der Waals surface area (Å²) in [5.74, 6) is 0.644. The van der Waals surface area contributed by atoms with Gasteiger partial charge in [-0.25, -0.2) is 9.97 Å². The third kappa shape index (κ3) is 4.69. The summed E-state index contributed by atoms with van der Waals surface area (Å²) in [6.07, 6.45) is -1.31. The Morgan fingerprint density at radius 1 is 1.12 bits per heavy atom. The Labute approximate surface area is 233 Å². The van der Waals surface area contributed by atoms with Crippen LogP contribution in [-0.2, 0) is 15.7 Å². The summed E-state index contributed by atoms with van der Waals surface area (Å²) in [6, 6.07) is 13.0. The molecule has 2 aromatic heterocycles. The van der Waals surface area contributed by atoms with Crippen molar-refractivity contribution < 1.29 is 22.7 Å². The number of ether oxygens (including phenoxy) is 1. The largest absolute Gasteiger partial charge is 0.416 e. The Morgan fingerprint density at radius 3 is 2.65 bits per heavy atom. The molecule has 4 aromatic rings. The van der Waals surface area contributed by atoms with Crippen molar-refractivity contribution >= 4 is 28.8 Å². The minimum Gasteiger partial charge on any atom is -0.382 e. The Morgan fingerprint density at radius 2 is 1.90 bits per heavy atom. The number of carbonyl (C=O) groups is 1. The van der Waals surface area contributed by atoms with Gasteiger partial charge in [0.2, 0.25) is 5.91 Å². The summed E-state index contributed by atoms with van der Waals surface area (Å²) >= 11 is 6.62. The molecule has 3 atom stereocenters. The molecule has 2 aliphatic heterocycles. The average Bonchev–Trinajstić information content (AvgIpc) is 3.37. The number of amides is 1. The molecule has 0 saturated carbocycles. The first-order valence-electron chi connectivity index (χ1n) is 13.1. The molecule has 11 heteroatoms. The molecule has 0 bridgehead atoms. The maximum absolute atomic E-state index is 13.2. The molecule has 2 fully saturated rings. The predicted molar refractivity (Wildman–Crippen MR) is 145 cm³/mol. The van der Waals surface area contributed by atoms with Crippen molar-refractivity contribution in [3.05, 3.63) is 82.4 Å². The number of hydrogen-bond donors (Lipinski definition) is 1. The first kappa shape index (κ1) is 26.6. The molecule has 40 heavy (non-hydrogen) atoms. The molecule has 208 valence electrons. The van der Waals surface area contributed by atoms with Gasteiger partial charge in [-0.2, -0.15) is 13.2 Å². The standard InChI is InChI=1S/C29H27ClF3N5O2/c1-16(19-3-2-4-21(11-19)29(31,32)33)17-5-7-18(8-6-17)25-26-27(34)35-12-23(30)38(26)28(36-25)20-9-10-22-14-40-15-24(39)37(22)13-20/h2-8,11-12,16,20,22H,9-10,13-15H2,1H3,(H2,34,35)/t16-,20+,22-/m0/s1. The molecule has 0 aliphatic carbocycles. The number of nitrogens with zero attached hydrogens (tertiary/aromatic N) is 4. The summed E-state index contributed by atoms with van der Waals surface area (Å²) in [4.78, 5) is 23.7. The maximum atomic E-state index is 13.2. The van der Waals surface area contributed by atoms with E-state index in [4.69, 9.17) is 27.1 Å². The molecule has 1 amide bonds. The molecule has 6 rings (SSSR count). The third-order valence-corrected chi connectivity index (χ3v) is 8.26. The molecule has 4 heterocycles. The molecule has 2 saturated heterocycles. The zero-order valence-electron chi connectivity index (χ0n) is 21.7. The van der Waals surface area contributed by atoms with Crippen molar-refractivity contribution in [2.45, 2.75) is 43.8 Å². The number of halogens is 4. The Kier molecular flexibility index (Phi) is 6.70. The molecular weight excluding hydrogens is 543 g/mol. The highest BCUT2D eigenvalue weighted by molar-refractivity contribution is 6.30. The first-order valence-corrected chi connectivity index (χ1v) is 13.5. The monoisotopic (exact) mass is 569 g/mol. The quantitative estimate of drug-likeness (QED) is 0.330. The van der Waals surface area contributed by atoms with E-state index in [1.165, 1.54) is 18.3 Å². The lowest BCUT2D eigenvalue weighted by Crippen LogP contribution is -2.53. The highest BCUT2D eigenvalue weighted by Crippen LogP contribution is 2.38. The summed E-state index contributed by atoms with van der Waals surface area (Å²) in [7, 11) is 0. The number of alkyl halides is 3. The van der Waals surface area contributed by atoms with Crippen LogP contribution in [0.2, 0.25) is 5.15 Å². The average molecular weight is 570 g/mol. The number of nitrogens with two attached hydrogens (primary N) is 1. The highest BCUT2D eigenvalue weighted by atomic mass is 35.5. The first-order chi connectivity index (χ1) is 19.1. The topological polar surface area (TPSA) is 85.8 Å². The number of fused-ring (bicyclic) bond motifs is 2. The number of carbonyl (C=O) groups excluding carboxylic acids is 1. The van der Waals surface area contributed by atoms with Crippen LogP contribution in [0.3, 0.4) is 0 Å². The van der Waals surface area contributed by atoms with Gasteiger partial charge in [-0.1, -0.05) is 61.0 Å². The lowest BCUT2D eigenvalue weighted by atomic mass is 9.91. The summed E-state index contributed by atoms with van der Waals surface area (Å²) in [6.45, 7) is 3.01. The number of piperidine rings is 1. The minimum atomic E-state index is -4.40. The molecule has 2 aliphatic rings. The molecule has 2 N–H and O–H groups in total. The van der Waals surface area contributed by atoms with Crippen LogP contribution in [0.25, 0.3) is 16.8 Å². The SMILES string of the molecule is C[C@@H](c1ccc(-c2nc([C@@H]3CC[C@H]4COCC(=O)N4C3)n3c(Cl)cnc(N)c23)cc1)c1cccc(C(F)(F)F)c1. The van der Waals surface area contributed by atoms with E-state index in [9.17, 15) is 18.0 Å². The number of nitrogen functional groups attached to an aromatic ring is 1. The zero-order valence-corrected chi connectivity index (χ0v) is 22.4. The fourth-order valence-corrected chi connectivity index (χ4v) is 6.02. The third-order valence-electron chi connectivity index (χ3n) is 8.00. The van der Waals surface area contributed by atoms with Crippen LogP contribution >= 0.6 is 11.6 Å². The Bertz CT molecular complexity index is 1590. The van der Waals surface area contributed by atoms with Crippen LogP contribution in [-0.4, -0.2) is 51.0 Å². The normalized spacial score (nSPS) is 20.5. The van der Waals surface area contributed by atoms with E-state index in [0.29, 0.717) is 40.9 Å². The van der Waals surface area contributed by atoms with Gasteiger partial charge in [0, 0.05) is 23.9 Å². The number of rotatable bonds is 4. The van der Waals surface area contributed by atoms with Crippen molar-refractivity contribution in [1.82, 2.24) is 19.3 Å². The summed E-state index contributed by atoms with van der Waals surface area (Å²) in [5.41, 5.74) is 9.06. The number of aromatic nitrogens is 3. The smallest absolute Gasteiger partial charge is 0.382 e. The van der Waals surface area contributed by atoms with Crippen molar-refractivity contribution in [3.8, 4) is 11.3 Å².